The van der Waals surface area contributed by atoms with E-state index in [1.54, 1.807) is 31.2 Å². The monoisotopic (exact) mass is 340 g/mol. The second-order valence-electron chi connectivity index (χ2n) is 5.93. The number of carbonyl (C=O) groups is 2. The van der Waals surface area contributed by atoms with Crippen LogP contribution in [0.25, 0.3) is 11.1 Å². The van der Waals surface area contributed by atoms with Crippen molar-refractivity contribution in [3.8, 4) is 16.9 Å². The number of hydrogen-bond acceptors (Lipinski definition) is 4. The van der Waals surface area contributed by atoms with E-state index in [-0.39, 0.29) is 18.0 Å². The summed E-state index contributed by atoms with van der Waals surface area (Å²) in [5.41, 5.74) is 2.50. The Morgan fingerprint density at radius 2 is 1.48 bits per heavy atom. The molecule has 2 rings (SSSR count). The fraction of sp³-hybridized carbons (Fsp3) is 0.333. The van der Waals surface area contributed by atoms with Gasteiger partial charge in [0.05, 0.1) is 11.7 Å². The van der Waals surface area contributed by atoms with Crippen LogP contribution in [0.4, 0.5) is 0 Å². The molecule has 0 aliphatic rings. The molecule has 0 amide bonds. The van der Waals surface area contributed by atoms with E-state index in [9.17, 15) is 9.59 Å². The molecule has 0 radical (unpaired) electrons. The molecular weight excluding hydrogens is 316 g/mol. The topological polar surface area (TPSA) is 52.6 Å². The van der Waals surface area contributed by atoms with E-state index in [0.717, 1.165) is 24.0 Å². The lowest BCUT2D eigenvalue weighted by atomic mass is 10.0. The fourth-order valence-corrected chi connectivity index (χ4v) is 2.43. The Morgan fingerprint density at radius 1 is 0.920 bits per heavy atom. The highest BCUT2D eigenvalue weighted by Crippen LogP contribution is 2.23. The van der Waals surface area contributed by atoms with Crippen LogP contribution < -0.4 is 4.74 Å². The van der Waals surface area contributed by atoms with Crippen molar-refractivity contribution >= 4 is 11.9 Å². The minimum Gasteiger partial charge on any atom is -0.459 e. The zero-order valence-corrected chi connectivity index (χ0v) is 15.0. The van der Waals surface area contributed by atoms with E-state index in [0.29, 0.717) is 17.7 Å². The first-order valence-electron chi connectivity index (χ1n) is 8.65. The maximum absolute atomic E-state index is 12.1. The lowest BCUT2D eigenvalue weighted by Crippen LogP contribution is -2.14. The molecule has 1 unspecified atom stereocenters. The van der Waals surface area contributed by atoms with E-state index < -0.39 is 0 Å². The number of esters is 2. The molecule has 0 fully saturated rings. The van der Waals surface area contributed by atoms with Gasteiger partial charge in [0, 0.05) is 6.42 Å². The Hall–Kier alpha value is -2.62. The Bertz CT molecular complexity index is 702. The summed E-state index contributed by atoms with van der Waals surface area (Å²) in [4.78, 5) is 23.4. The third-order valence-corrected chi connectivity index (χ3v) is 3.83. The summed E-state index contributed by atoms with van der Waals surface area (Å²) in [7, 11) is 0. The summed E-state index contributed by atoms with van der Waals surface area (Å²) in [6, 6.07) is 14.6. The number of benzene rings is 2. The highest BCUT2D eigenvalue weighted by Gasteiger charge is 2.11. The van der Waals surface area contributed by atoms with Crippen molar-refractivity contribution in [1.29, 1.82) is 0 Å². The summed E-state index contributed by atoms with van der Waals surface area (Å²) < 4.78 is 10.6. The van der Waals surface area contributed by atoms with Crippen molar-refractivity contribution < 1.29 is 19.1 Å². The summed E-state index contributed by atoms with van der Waals surface area (Å²) >= 11 is 0. The number of hydrogen-bond donors (Lipinski definition) is 0. The van der Waals surface area contributed by atoms with Crippen LogP contribution >= 0.6 is 0 Å². The molecule has 4 heteroatoms. The van der Waals surface area contributed by atoms with Gasteiger partial charge >= 0.3 is 11.9 Å². The van der Waals surface area contributed by atoms with Crippen molar-refractivity contribution in [1.82, 2.24) is 0 Å². The molecule has 2 aromatic rings. The van der Waals surface area contributed by atoms with Crippen LogP contribution in [0.3, 0.4) is 0 Å². The second-order valence-corrected chi connectivity index (χ2v) is 5.93. The van der Waals surface area contributed by atoms with Gasteiger partial charge in [-0.2, -0.15) is 0 Å². The minimum atomic E-state index is -0.297. The Labute approximate surface area is 148 Å². The van der Waals surface area contributed by atoms with Gasteiger partial charge in [-0.25, -0.2) is 4.79 Å². The SMILES string of the molecule is CCCC(C)OC(=O)c1ccc(-c2ccc(OC(=O)CC)cc2)cc1. The molecule has 132 valence electrons. The van der Waals surface area contributed by atoms with Crippen molar-refractivity contribution in [2.24, 2.45) is 0 Å². The molecule has 25 heavy (non-hydrogen) atoms. The first kappa shape index (κ1) is 18.7. The average molecular weight is 340 g/mol. The largest absolute Gasteiger partial charge is 0.459 e. The van der Waals surface area contributed by atoms with E-state index in [4.69, 9.17) is 9.47 Å². The Morgan fingerprint density at radius 3 is 2.00 bits per heavy atom. The molecule has 0 aliphatic heterocycles. The molecule has 2 aromatic carbocycles. The molecule has 0 saturated heterocycles. The molecular formula is C21H24O4. The third kappa shape index (κ3) is 5.45. The van der Waals surface area contributed by atoms with E-state index in [1.165, 1.54) is 0 Å². The second kappa shape index (κ2) is 9.02. The number of rotatable bonds is 7. The van der Waals surface area contributed by atoms with Crippen LogP contribution in [0.15, 0.2) is 48.5 Å². The zero-order chi connectivity index (χ0) is 18.2. The number of carbonyl (C=O) groups excluding carboxylic acids is 2. The van der Waals surface area contributed by atoms with Crippen molar-refractivity contribution in [3.63, 3.8) is 0 Å². The maximum atomic E-state index is 12.1. The van der Waals surface area contributed by atoms with Gasteiger partial charge in [-0.05, 0) is 48.7 Å². The summed E-state index contributed by atoms with van der Waals surface area (Å²) in [6.07, 6.45) is 2.11. The predicted molar refractivity (Wildman–Crippen MR) is 97.6 cm³/mol. The standard InChI is InChI=1S/C21H24O4/c1-4-6-15(3)24-21(23)18-9-7-16(8-10-18)17-11-13-19(14-12-17)25-20(22)5-2/h7-15H,4-6H2,1-3H3. The van der Waals surface area contributed by atoms with Gasteiger partial charge in [-0.3, -0.25) is 4.79 Å². The third-order valence-electron chi connectivity index (χ3n) is 3.83. The molecule has 4 nitrogen and oxygen atoms in total. The quantitative estimate of drug-likeness (QED) is 0.525. The van der Waals surface area contributed by atoms with Gasteiger partial charge in [0.25, 0.3) is 0 Å². The molecule has 0 bridgehead atoms. The lowest BCUT2D eigenvalue weighted by molar-refractivity contribution is -0.134. The lowest BCUT2D eigenvalue weighted by Gasteiger charge is -2.12. The van der Waals surface area contributed by atoms with Crippen LogP contribution in [0.2, 0.25) is 0 Å². The van der Waals surface area contributed by atoms with Gasteiger partial charge in [0.1, 0.15) is 5.75 Å². The van der Waals surface area contributed by atoms with Crippen LogP contribution in [-0.4, -0.2) is 18.0 Å². The number of ether oxygens (including phenoxy) is 2. The van der Waals surface area contributed by atoms with Gasteiger partial charge in [0.2, 0.25) is 0 Å². The maximum Gasteiger partial charge on any atom is 0.338 e. The highest BCUT2D eigenvalue weighted by atomic mass is 16.5. The normalized spacial score (nSPS) is 11.6. The van der Waals surface area contributed by atoms with Crippen LogP contribution in [0.1, 0.15) is 50.4 Å². The molecule has 0 N–H and O–H groups in total. The van der Waals surface area contributed by atoms with E-state index >= 15 is 0 Å². The highest BCUT2D eigenvalue weighted by molar-refractivity contribution is 5.90. The Kier molecular flexibility index (Phi) is 6.75. The molecule has 0 aliphatic carbocycles. The van der Waals surface area contributed by atoms with Crippen molar-refractivity contribution in [2.75, 3.05) is 0 Å². The summed E-state index contributed by atoms with van der Waals surface area (Å²) in [6.45, 7) is 5.72. The molecule has 0 heterocycles. The first-order valence-corrected chi connectivity index (χ1v) is 8.65. The van der Waals surface area contributed by atoms with Gasteiger partial charge in [0.15, 0.2) is 0 Å². The molecule has 0 aromatic heterocycles. The van der Waals surface area contributed by atoms with Gasteiger partial charge in [-0.1, -0.05) is 44.5 Å². The fourth-order valence-electron chi connectivity index (χ4n) is 2.43. The van der Waals surface area contributed by atoms with Crippen LogP contribution in [0.5, 0.6) is 5.75 Å². The Balaban J connectivity index is 2.04. The van der Waals surface area contributed by atoms with Gasteiger partial charge in [-0.15, -0.1) is 0 Å². The predicted octanol–water partition coefficient (Wildman–Crippen LogP) is 5.01. The minimum absolute atomic E-state index is 0.0736. The smallest absolute Gasteiger partial charge is 0.338 e. The molecule has 1 atom stereocenters. The molecule has 0 spiro atoms. The van der Waals surface area contributed by atoms with Crippen LogP contribution in [0, 0.1) is 0 Å². The first-order chi connectivity index (χ1) is 12.0. The van der Waals surface area contributed by atoms with Crippen molar-refractivity contribution in [3.05, 3.63) is 54.1 Å². The molecule has 0 saturated carbocycles. The summed E-state index contributed by atoms with van der Waals surface area (Å²) in [5, 5.41) is 0. The van der Waals surface area contributed by atoms with Gasteiger partial charge < -0.3 is 9.47 Å². The summed E-state index contributed by atoms with van der Waals surface area (Å²) in [5.74, 6) is -0.0250. The van der Waals surface area contributed by atoms with Crippen molar-refractivity contribution in [2.45, 2.75) is 46.1 Å². The van der Waals surface area contributed by atoms with Crippen LogP contribution in [-0.2, 0) is 9.53 Å². The van der Waals surface area contributed by atoms with E-state index in [2.05, 4.69) is 6.92 Å². The zero-order valence-electron chi connectivity index (χ0n) is 15.0. The van der Waals surface area contributed by atoms with E-state index in [1.807, 2.05) is 31.2 Å². The average Bonchev–Trinajstić information content (AvgIpc) is 2.62.